The van der Waals surface area contributed by atoms with Crippen LogP contribution in [0.3, 0.4) is 0 Å². The number of hydrogen-bond acceptors (Lipinski definition) is 3. The van der Waals surface area contributed by atoms with Gasteiger partial charge < -0.3 is 15.9 Å². The molecule has 3 heteroatoms. The van der Waals surface area contributed by atoms with Gasteiger partial charge in [-0.1, -0.05) is 54.6 Å². The summed E-state index contributed by atoms with van der Waals surface area (Å²) >= 11 is 0. The minimum atomic E-state index is -1.37. The minimum Gasteiger partial charge on any atom is -0.393 e. The van der Waals surface area contributed by atoms with E-state index in [0.29, 0.717) is 17.7 Å². The SMILES string of the molecule is NCc1ccc(C(O)(CO)c2ccccc2)cc1. The van der Waals surface area contributed by atoms with Gasteiger partial charge in [-0.2, -0.15) is 0 Å². The Bertz CT molecular complexity index is 496. The summed E-state index contributed by atoms with van der Waals surface area (Å²) < 4.78 is 0. The third kappa shape index (κ3) is 2.29. The van der Waals surface area contributed by atoms with E-state index in [1.165, 1.54) is 0 Å². The van der Waals surface area contributed by atoms with Crippen molar-refractivity contribution in [3.8, 4) is 0 Å². The van der Waals surface area contributed by atoms with E-state index < -0.39 is 5.60 Å². The van der Waals surface area contributed by atoms with E-state index in [4.69, 9.17) is 5.73 Å². The van der Waals surface area contributed by atoms with E-state index in [2.05, 4.69) is 0 Å². The highest BCUT2D eigenvalue weighted by Crippen LogP contribution is 2.29. The minimum absolute atomic E-state index is 0.362. The molecule has 4 N–H and O–H groups in total. The van der Waals surface area contributed by atoms with Crippen molar-refractivity contribution in [2.45, 2.75) is 12.1 Å². The third-order valence-electron chi connectivity index (χ3n) is 3.15. The second kappa shape index (κ2) is 5.31. The van der Waals surface area contributed by atoms with Gasteiger partial charge in [0.05, 0.1) is 6.61 Å². The van der Waals surface area contributed by atoms with Gasteiger partial charge >= 0.3 is 0 Å². The molecule has 2 aromatic carbocycles. The fourth-order valence-electron chi connectivity index (χ4n) is 1.98. The summed E-state index contributed by atoms with van der Waals surface area (Å²) in [6.45, 7) is 0.0994. The van der Waals surface area contributed by atoms with Crippen LogP contribution in [0.25, 0.3) is 0 Å². The molecule has 1 atom stereocenters. The Hall–Kier alpha value is -1.68. The highest BCUT2D eigenvalue weighted by molar-refractivity contribution is 5.37. The zero-order chi connectivity index (χ0) is 13.0. The standard InChI is InChI=1S/C15H17NO2/c16-10-12-6-8-14(9-7-12)15(18,11-17)13-4-2-1-3-5-13/h1-9,17-18H,10-11,16H2. The average molecular weight is 243 g/mol. The van der Waals surface area contributed by atoms with Gasteiger partial charge in [0, 0.05) is 6.54 Å². The topological polar surface area (TPSA) is 66.5 Å². The zero-order valence-electron chi connectivity index (χ0n) is 10.1. The van der Waals surface area contributed by atoms with Crippen molar-refractivity contribution in [3.05, 3.63) is 71.3 Å². The molecule has 0 spiro atoms. The van der Waals surface area contributed by atoms with Crippen molar-refractivity contribution >= 4 is 0 Å². The number of aliphatic hydroxyl groups excluding tert-OH is 1. The molecule has 0 aliphatic rings. The molecule has 0 bridgehead atoms. The maximum Gasteiger partial charge on any atom is 0.138 e. The number of aliphatic hydroxyl groups is 2. The first-order chi connectivity index (χ1) is 8.70. The van der Waals surface area contributed by atoms with Gasteiger partial charge in [0.1, 0.15) is 5.60 Å². The molecule has 0 heterocycles. The maximum atomic E-state index is 10.6. The summed E-state index contributed by atoms with van der Waals surface area (Å²) in [7, 11) is 0. The summed E-state index contributed by atoms with van der Waals surface area (Å²) in [5.41, 5.74) is 6.50. The Kier molecular flexibility index (Phi) is 3.77. The lowest BCUT2D eigenvalue weighted by Crippen LogP contribution is -2.31. The molecule has 0 aliphatic carbocycles. The predicted octanol–water partition coefficient (Wildman–Crippen LogP) is 1.37. The molecule has 0 saturated heterocycles. The van der Waals surface area contributed by atoms with Crippen LogP contribution in [-0.2, 0) is 12.1 Å². The lowest BCUT2D eigenvalue weighted by atomic mass is 9.87. The molecule has 0 radical (unpaired) electrons. The fourth-order valence-corrected chi connectivity index (χ4v) is 1.98. The second-order valence-electron chi connectivity index (χ2n) is 4.29. The van der Waals surface area contributed by atoms with Gasteiger partial charge in [-0.15, -0.1) is 0 Å². The van der Waals surface area contributed by atoms with Crippen molar-refractivity contribution in [1.82, 2.24) is 0 Å². The molecule has 0 aliphatic heterocycles. The van der Waals surface area contributed by atoms with E-state index in [0.717, 1.165) is 5.56 Å². The van der Waals surface area contributed by atoms with Gasteiger partial charge in [0.15, 0.2) is 0 Å². The molecule has 18 heavy (non-hydrogen) atoms. The molecular weight excluding hydrogens is 226 g/mol. The quantitative estimate of drug-likeness (QED) is 0.760. The summed E-state index contributed by atoms with van der Waals surface area (Å²) in [5, 5.41) is 20.2. The molecule has 1 unspecified atom stereocenters. The largest absolute Gasteiger partial charge is 0.393 e. The van der Waals surface area contributed by atoms with E-state index >= 15 is 0 Å². The van der Waals surface area contributed by atoms with E-state index in [-0.39, 0.29) is 6.61 Å². The molecule has 2 rings (SSSR count). The van der Waals surface area contributed by atoms with Crippen LogP contribution in [0.4, 0.5) is 0 Å². The van der Waals surface area contributed by atoms with Crippen LogP contribution in [0.2, 0.25) is 0 Å². The maximum absolute atomic E-state index is 10.6. The summed E-state index contributed by atoms with van der Waals surface area (Å²) in [4.78, 5) is 0. The van der Waals surface area contributed by atoms with Gasteiger partial charge in [0.25, 0.3) is 0 Å². The van der Waals surface area contributed by atoms with Crippen LogP contribution >= 0.6 is 0 Å². The van der Waals surface area contributed by atoms with Gasteiger partial charge in [-0.05, 0) is 16.7 Å². The fraction of sp³-hybridized carbons (Fsp3) is 0.200. The van der Waals surface area contributed by atoms with Gasteiger partial charge in [-0.3, -0.25) is 0 Å². The Morgan fingerprint density at radius 1 is 0.889 bits per heavy atom. The van der Waals surface area contributed by atoms with Crippen LogP contribution in [-0.4, -0.2) is 16.8 Å². The van der Waals surface area contributed by atoms with Crippen LogP contribution in [0.5, 0.6) is 0 Å². The van der Waals surface area contributed by atoms with Crippen molar-refractivity contribution in [3.63, 3.8) is 0 Å². The first-order valence-electron chi connectivity index (χ1n) is 5.89. The normalized spacial score (nSPS) is 14.2. The Morgan fingerprint density at radius 3 is 1.94 bits per heavy atom. The highest BCUT2D eigenvalue weighted by Gasteiger charge is 2.30. The van der Waals surface area contributed by atoms with Crippen LogP contribution < -0.4 is 5.73 Å². The van der Waals surface area contributed by atoms with Crippen molar-refractivity contribution in [2.24, 2.45) is 5.73 Å². The first kappa shape index (κ1) is 12.8. The van der Waals surface area contributed by atoms with Gasteiger partial charge in [-0.25, -0.2) is 0 Å². The molecule has 0 aromatic heterocycles. The Balaban J connectivity index is 2.43. The molecule has 0 amide bonds. The van der Waals surface area contributed by atoms with Crippen molar-refractivity contribution in [1.29, 1.82) is 0 Å². The van der Waals surface area contributed by atoms with Crippen LogP contribution in [0.15, 0.2) is 54.6 Å². The molecule has 0 saturated carbocycles. The lowest BCUT2D eigenvalue weighted by molar-refractivity contribution is 0.0173. The van der Waals surface area contributed by atoms with Crippen LogP contribution in [0.1, 0.15) is 16.7 Å². The van der Waals surface area contributed by atoms with Crippen LogP contribution in [0, 0.1) is 0 Å². The molecule has 94 valence electrons. The highest BCUT2D eigenvalue weighted by atomic mass is 16.3. The van der Waals surface area contributed by atoms with Crippen molar-refractivity contribution < 1.29 is 10.2 Å². The number of benzene rings is 2. The number of nitrogens with two attached hydrogens (primary N) is 1. The van der Waals surface area contributed by atoms with E-state index in [1.807, 2.05) is 30.3 Å². The monoisotopic (exact) mass is 243 g/mol. The Labute approximate surface area is 107 Å². The smallest absolute Gasteiger partial charge is 0.138 e. The summed E-state index contributed by atoms with van der Waals surface area (Å²) in [6, 6.07) is 16.5. The van der Waals surface area contributed by atoms with E-state index in [1.54, 1.807) is 24.3 Å². The van der Waals surface area contributed by atoms with E-state index in [9.17, 15) is 10.2 Å². The third-order valence-corrected chi connectivity index (χ3v) is 3.15. The molecular formula is C15H17NO2. The summed E-state index contributed by atoms with van der Waals surface area (Å²) in [6.07, 6.45) is 0. The van der Waals surface area contributed by atoms with Crippen molar-refractivity contribution in [2.75, 3.05) is 6.61 Å². The second-order valence-corrected chi connectivity index (χ2v) is 4.29. The first-order valence-corrected chi connectivity index (χ1v) is 5.89. The van der Waals surface area contributed by atoms with Gasteiger partial charge in [0.2, 0.25) is 0 Å². The molecule has 2 aromatic rings. The molecule has 3 nitrogen and oxygen atoms in total. The number of rotatable bonds is 4. The zero-order valence-corrected chi connectivity index (χ0v) is 10.1. The molecule has 0 fully saturated rings. The lowest BCUT2D eigenvalue weighted by Gasteiger charge is -2.27. The summed E-state index contributed by atoms with van der Waals surface area (Å²) in [5.74, 6) is 0. The predicted molar refractivity (Wildman–Crippen MR) is 70.9 cm³/mol. The number of hydrogen-bond donors (Lipinski definition) is 3. The average Bonchev–Trinajstić information content (AvgIpc) is 2.47. The Morgan fingerprint density at radius 2 is 1.44 bits per heavy atom.